The summed E-state index contributed by atoms with van der Waals surface area (Å²) >= 11 is -2.02. The number of aromatic nitrogens is 2. The van der Waals surface area contributed by atoms with Gasteiger partial charge in [-0.15, -0.1) is 0 Å². The van der Waals surface area contributed by atoms with Gasteiger partial charge in [0.1, 0.15) is 0 Å². The summed E-state index contributed by atoms with van der Waals surface area (Å²) in [6.07, 6.45) is 1.65. The van der Waals surface area contributed by atoms with E-state index in [9.17, 15) is 4.21 Å². The predicted octanol–water partition coefficient (Wildman–Crippen LogP) is 1.21. The maximum Gasteiger partial charge on any atom is 0.205 e. The molecule has 0 bridgehead atoms. The molecule has 0 aromatic carbocycles. The van der Waals surface area contributed by atoms with E-state index in [2.05, 4.69) is 9.97 Å². The molecular weight excluding hydrogens is 188 g/mol. The van der Waals surface area contributed by atoms with E-state index < -0.39 is 11.1 Å². The van der Waals surface area contributed by atoms with Crippen molar-refractivity contribution in [2.24, 2.45) is 0 Å². The van der Waals surface area contributed by atoms with Crippen LogP contribution >= 0.6 is 0 Å². The van der Waals surface area contributed by atoms with Gasteiger partial charge in [0.15, 0.2) is 5.03 Å². The Hall–Kier alpha value is -1.33. The molecule has 0 aliphatic heterocycles. The molecule has 0 spiro atoms. The molecule has 1 atom stereocenters. The van der Waals surface area contributed by atoms with Gasteiger partial charge in [0, 0.05) is 6.20 Å². The van der Waals surface area contributed by atoms with Gasteiger partial charge in [0.25, 0.3) is 0 Å². The average molecular weight is 194 g/mol. The summed E-state index contributed by atoms with van der Waals surface area (Å²) in [5.74, 6) is 0. The maximum absolute atomic E-state index is 10.7. The van der Waals surface area contributed by atoms with Crippen LogP contribution in [0.3, 0.4) is 0 Å². The van der Waals surface area contributed by atoms with Gasteiger partial charge in [-0.2, -0.15) is 0 Å². The van der Waals surface area contributed by atoms with E-state index in [0.717, 1.165) is 5.52 Å². The Morgan fingerprint density at radius 1 is 1.23 bits per heavy atom. The first kappa shape index (κ1) is 8.28. The third-order valence-corrected chi connectivity index (χ3v) is 2.19. The van der Waals surface area contributed by atoms with Gasteiger partial charge in [-0.3, -0.25) is 4.98 Å². The van der Waals surface area contributed by atoms with Crippen LogP contribution in [0, 0.1) is 0 Å². The van der Waals surface area contributed by atoms with Crippen LogP contribution in [0.4, 0.5) is 0 Å². The van der Waals surface area contributed by atoms with Gasteiger partial charge < -0.3 is 4.55 Å². The van der Waals surface area contributed by atoms with Crippen LogP contribution in [0.5, 0.6) is 0 Å². The van der Waals surface area contributed by atoms with E-state index in [4.69, 9.17) is 4.55 Å². The molecule has 0 aliphatic rings. The number of pyridine rings is 2. The Balaban J connectivity index is 2.69. The summed E-state index contributed by atoms with van der Waals surface area (Å²) in [5, 5.41) is 0.153. The van der Waals surface area contributed by atoms with Crippen LogP contribution in [-0.4, -0.2) is 18.7 Å². The molecule has 0 radical (unpaired) electrons. The average Bonchev–Trinajstić information content (AvgIpc) is 2.17. The molecule has 2 aromatic heterocycles. The van der Waals surface area contributed by atoms with Crippen LogP contribution in [-0.2, 0) is 11.1 Å². The molecule has 2 heterocycles. The predicted molar refractivity (Wildman–Crippen MR) is 48.6 cm³/mol. The Morgan fingerprint density at radius 3 is 2.85 bits per heavy atom. The summed E-state index contributed by atoms with van der Waals surface area (Å²) in [4.78, 5) is 8.00. The molecule has 2 rings (SSSR count). The van der Waals surface area contributed by atoms with E-state index in [0.29, 0.717) is 5.52 Å². The van der Waals surface area contributed by atoms with E-state index in [1.807, 2.05) is 0 Å². The topological polar surface area (TPSA) is 63.1 Å². The van der Waals surface area contributed by atoms with Crippen molar-refractivity contribution in [2.75, 3.05) is 0 Å². The van der Waals surface area contributed by atoms with Gasteiger partial charge in [0.05, 0.1) is 11.0 Å². The second-order valence-electron chi connectivity index (χ2n) is 2.44. The van der Waals surface area contributed by atoms with Crippen molar-refractivity contribution in [1.29, 1.82) is 0 Å². The number of fused-ring (bicyclic) bond motifs is 1. The second-order valence-corrected chi connectivity index (χ2v) is 3.36. The fourth-order valence-electron chi connectivity index (χ4n) is 1.04. The number of rotatable bonds is 1. The van der Waals surface area contributed by atoms with Crippen molar-refractivity contribution in [3.63, 3.8) is 0 Å². The summed E-state index contributed by atoms with van der Waals surface area (Å²) in [7, 11) is 0. The number of nitrogens with zero attached hydrogens (tertiary/aromatic N) is 2. The third kappa shape index (κ3) is 1.56. The first-order chi connectivity index (χ1) is 6.27. The Labute approximate surface area is 76.9 Å². The van der Waals surface area contributed by atoms with Crippen LogP contribution in [0.15, 0.2) is 35.5 Å². The lowest BCUT2D eigenvalue weighted by molar-refractivity contribution is 0.561. The standard InChI is InChI=1S/C8H6N2O2S/c11-13(12)8-4-3-6-7(10-8)2-1-5-9-6/h1-5H,(H,11,12). The molecule has 66 valence electrons. The molecule has 0 fully saturated rings. The molecule has 13 heavy (non-hydrogen) atoms. The molecule has 5 heteroatoms. The molecular formula is C8H6N2O2S. The van der Waals surface area contributed by atoms with Gasteiger partial charge in [-0.05, 0) is 24.3 Å². The lowest BCUT2D eigenvalue weighted by Crippen LogP contribution is -1.93. The van der Waals surface area contributed by atoms with Crippen LogP contribution in [0.2, 0.25) is 0 Å². The second kappa shape index (κ2) is 3.20. The molecule has 0 amide bonds. The minimum atomic E-state index is -2.02. The first-order valence-corrected chi connectivity index (χ1v) is 4.71. The molecule has 4 nitrogen and oxygen atoms in total. The number of hydrogen-bond acceptors (Lipinski definition) is 3. The van der Waals surface area contributed by atoms with Crippen molar-refractivity contribution in [1.82, 2.24) is 9.97 Å². The summed E-state index contributed by atoms with van der Waals surface area (Å²) in [6.45, 7) is 0. The third-order valence-electron chi connectivity index (χ3n) is 1.61. The summed E-state index contributed by atoms with van der Waals surface area (Å²) in [6, 6.07) is 6.65. The largest absolute Gasteiger partial charge is 0.301 e. The minimum absolute atomic E-state index is 0.153. The quantitative estimate of drug-likeness (QED) is 0.693. The van der Waals surface area contributed by atoms with Crippen molar-refractivity contribution < 1.29 is 8.76 Å². The summed E-state index contributed by atoms with van der Waals surface area (Å²) in [5.41, 5.74) is 1.35. The highest BCUT2D eigenvalue weighted by Crippen LogP contribution is 2.10. The Kier molecular flexibility index (Phi) is 2.03. The van der Waals surface area contributed by atoms with Crippen LogP contribution in [0.1, 0.15) is 0 Å². The van der Waals surface area contributed by atoms with Gasteiger partial charge in [-0.25, -0.2) is 9.19 Å². The maximum atomic E-state index is 10.7. The fourth-order valence-corrected chi connectivity index (χ4v) is 1.40. The van der Waals surface area contributed by atoms with Crippen LogP contribution in [0.25, 0.3) is 11.0 Å². The van der Waals surface area contributed by atoms with Crippen molar-refractivity contribution in [2.45, 2.75) is 5.03 Å². The van der Waals surface area contributed by atoms with Crippen molar-refractivity contribution in [3.05, 3.63) is 30.5 Å². The highest BCUT2D eigenvalue weighted by molar-refractivity contribution is 7.79. The van der Waals surface area contributed by atoms with Gasteiger partial charge in [0.2, 0.25) is 11.1 Å². The smallest absolute Gasteiger partial charge is 0.205 e. The van der Waals surface area contributed by atoms with E-state index in [1.54, 1.807) is 24.4 Å². The summed E-state index contributed by atoms with van der Waals surface area (Å²) < 4.78 is 19.4. The zero-order valence-electron chi connectivity index (χ0n) is 6.54. The Bertz CT molecular complexity index is 472. The lowest BCUT2D eigenvalue weighted by Gasteiger charge is -1.96. The highest BCUT2D eigenvalue weighted by atomic mass is 32.2. The zero-order valence-corrected chi connectivity index (χ0v) is 7.36. The molecule has 1 N–H and O–H groups in total. The van der Waals surface area contributed by atoms with Gasteiger partial charge >= 0.3 is 0 Å². The van der Waals surface area contributed by atoms with E-state index in [-0.39, 0.29) is 5.03 Å². The first-order valence-electron chi connectivity index (χ1n) is 3.60. The monoisotopic (exact) mass is 194 g/mol. The fraction of sp³-hybridized carbons (Fsp3) is 0. The van der Waals surface area contributed by atoms with Gasteiger partial charge in [-0.1, -0.05) is 0 Å². The molecule has 2 aromatic rings. The Morgan fingerprint density at radius 2 is 2.08 bits per heavy atom. The van der Waals surface area contributed by atoms with Crippen molar-refractivity contribution in [3.8, 4) is 0 Å². The molecule has 0 aliphatic carbocycles. The highest BCUT2D eigenvalue weighted by Gasteiger charge is 2.02. The molecule has 0 saturated carbocycles. The van der Waals surface area contributed by atoms with E-state index >= 15 is 0 Å². The van der Waals surface area contributed by atoms with Crippen LogP contribution < -0.4 is 0 Å². The zero-order chi connectivity index (χ0) is 9.26. The molecule has 0 saturated heterocycles. The molecule has 1 unspecified atom stereocenters. The lowest BCUT2D eigenvalue weighted by atomic mass is 10.3. The number of hydrogen-bond donors (Lipinski definition) is 1. The van der Waals surface area contributed by atoms with E-state index in [1.165, 1.54) is 6.07 Å². The van der Waals surface area contributed by atoms with Crippen molar-refractivity contribution >= 4 is 22.1 Å². The normalized spacial score (nSPS) is 13.0. The SMILES string of the molecule is O=S(O)c1ccc2ncccc2n1. The minimum Gasteiger partial charge on any atom is -0.301 e.